The standard InChI is InChI=1S/C14H9Cl2IN2O3/c1-7-2-3-9(19(21)22)6-12(7)18-14(20)10-4-8(15)5-11(16)13(10)17/h2-6H,1H3,(H,18,20). The first-order chi connectivity index (χ1) is 10.3. The van der Waals surface area contributed by atoms with E-state index in [0.717, 1.165) is 0 Å². The van der Waals surface area contributed by atoms with Crippen molar-refractivity contribution in [2.75, 3.05) is 5.32 Å². The number of amides is 1. The molecule has 0 saturated carbocycles. The average molecular weight is 451 g/mol. The molecule has 1 amide bonds. The maximum atomic E-state index is 12.4. The zero-order valence-corrected chi connectivity index (χ0v) is 14.9. The van der Waals surface area contributed by atoms with Gasteiger partial charge in [0, 0.05) is 20.7 Å². The van der Waals surface area contributed by atoms with Crippen molar-refractivity contribution in [3.05, 3.63) is 65.2 Å². The molecule has 0 aliphatic rings. The van der Waals surface area contributed by atoms with Gasteiger partial charge in [0.2, 0.25) is 0 Å². The Bertz CT molecular complexity index is 781. The van der Waals surface area contributed by atoms with Gasteiger partial charge in [-0.25, -0.2) is 0 Å². The number of nitro groups is 1. The Morgan fingerprint density at radius 2 is 1.95 bits per heavy atom. The second-order valence-electron chi connectivity index (χ2n) is 4.46. The molecule has 0 fully saturated rings. The third-order valence-electron chi connectivity index (χ3n) is 2.92. The predicted octanol–water partition coefficient (Wildman–Crippen LogP) is 5.07. The van der Waals surface area contributed by atoms with Crippen LogP contribution in [0, 0.1) is 20.6 Å². The lowest BCUT2D eigenvalue weighted by atomic mass is 10.1. The van der Waals surface area contributed by atoms with Crippen molar-refractivity contribution in [1.29, 1.82) is 0 Å². The maximum Gasteiger partial charge on any atom is 0.271 e. The van der Waals surface area contributed by atoms with Gasteiger partial charge in [0.05, 0.1) is 21.2 Å². The highest BCUT2D eigenvalue weighted by Crippen LogP contribution is 2.28. The van der Waals surface area contributed by atoms with Crippen LogP contribution in [0.25, 0.3) is 0 Å². The lowest BCUT2D eigenvalue weighted by Gasteiger charge is -2.10. The first kappa shape index (κ1) is 17.0. The Hall–Kier alpha value is -1.38. The van der Waals surface area contributed by atoms with Crippen LogP contribution >= 0.6 is 45.8 Å². The summed E-state index contributed by atoms with van der Waals surface area (Å²) in [5.41, 5.74) is 1.29. The molecule has 2 rings (SSSR count). The molecule has 0 radical (unpaired) electrons. The largest absolute Gasteiger partial charge is 0.321 e. The van der Waals surface area contributed by atoms with Crippen LogP contribution in [0.5, 0.6) is 0 Å². The minimum absolute atomic E-state index is 0.0975. The van der Waals surface area contributed by atoms with Gasteiger partial charge < -0.3 is 5.32 Å². The Morgan fingerprint density at radius 1 is 1.27 bits per heavy atom. The van der Waals surface area contributed by atoms with Gasteiger partial charge in [0.25, 0.3) is 11.6 Å². The highest BCUT2D eigenvalue weighted by atomic mass is 127. The van der Waals surface area contributed by atoms with Gasteiger partial charge >= 0.3 is 0 Å². The molecule has 0 bridgehead atoms. The van der Waals surface area contributed by atoms with Crippen molar-refractivity contribution in [3.63, 3.8) is 0 Å². The number of nitrogens with zero attached hydrogens (tertiary/aromatic N) is 1. The summed E-state index contributed by atoms with van der Waals surface area (Å²) >= 11 is 13.9. The van der Waals surface area contributed by atoms with E-state index in [1.165, 1.54) is 18.2 Å². The molecule has 0 heterocycles. The minimum atomic E-state index is -0.519. The number of nitrogens with one attached hydrogen (secondary N) is 1. The lowest BCUT2D eigenvalue weighted by Crippen LogP contribution is -2.14. The van der Waals surface area contributed by atoms with Crippen LogP contribution < -0.4 is 5.32 Å². The zero-order chi connectivity index (χ0) is 16.4. The molecule has 2 aromatic rings. The number of halogens is 3. The van der Waals surface area contributed by atoms with Crippen LogP contribution in [0.15, 0.2) is 30.3 Å². The third-order valence-corrected chi connectivity index (χ3v) is 4.92. The van der Waals surface area contributed by atoms with Crippen LogP contribution in [0.2, 0.25) is 10.0 Å². The van der Waals surface area contributed by atoms with Crippen LogP contribution in [0.4, 0.5) is 11.4 Å². The van der Waals surface area contributed by atoms with Crippen molar-refractivity contribution in [1.82, 2.24) is 0 Å². The van der Waals surface area contributed by atoms with Crippen molar-refractivity contribution in [2.24, 2.45) is 0 Å². The fourth-order valence-electron chi connectivity index (χ4n) is 1.77. The molecule has 22 heavy (non-hydrogen) atoms. The van der Waals surface area contributed by atoms with E-state index in [9.17, 15) is 14.9 Å². The third kappa shape index (κ3) is 3.68. The summed E-state index contributed by atoms with van der Waals surface area (Å²) in [4.78, 5) is 22.7. The van der Waals surface area contributed by atoms with E-state index < -0.39 is 10.8 Å². The van der Waals surface area contributed by atoms with E-state index in [1.807, 2.05) is 22.6 Å². The number of hydrogen-bond acceptors (Lipinski definition) is 3. The van der Waals surface area contributed by atoms with Gasteiger partial charge in [-0.2, -0.15) is 0 Å². The van der Waals surface area contributed by atoms with Gasteiger partial charge in [-0.05, 0) is 47.2 Å². The molecule has 5 nitrogen and oxygen atoms in total. The molecule has 0 unspecified atom stereocenters. The molecule has 114 valence electrons. The number of hydrogen-bond donors (Lipinski definition) is 1. The molecule has 0 aliphatic carbocycles. The fraction of sp³-hybridized carbons (Fsp3) is 0.0714. The average Bonchev–Trinajstić information content (AvgIpc) is 2.44. The fourth-order valence-corrected chi connectivity index (χ4v) is 2.82. The Labute approximate surface area is 149 Å². The molecular weight excluding hydrogens is 442 g/mol. The van der Waals surface area contributed by atoms with Crippen molar-refractivity contribution in [2.45, 2.75) is 6.92 Å². The summed E-state index contributed by atoms with van der Waals surface area (Å²) in [6.45, 7) is 1.75. The number of carbonyl (C=O) groups is 1. The van der Waals surface area contributed by atoms with Gasteiger partial charge in [0.15, 0.2) is 0 Å². The Kier molecular flexibility index (Phi) is 5.25. The minimum Gasteiger partial charge on any atom is -0.321 e. The molecule has 0 atom stereocenters. The normalized spacial score (nSPS) is 10.4. The maximum absolute atomic E-state index is 12.4. The van der Waals surface area contributed by atoms with Crippen molar-refractivity contribution < 1.29 is 9.72 Å². The lowest BCUT2D eigenvalue weighted by molar-refractivity contribution is -0.384. The molecule has 1 N–H and O–H groups in total. The number of aryl methyl sites for hydroxylation is 1. The number of benzene rings is 2. The first-order valence-corrected chi connectivity index (χ1v) is 7.84. The monoisotopic (exact) mass is 450 g/mol. The molecule has 0 aromatic heterocycles. The number of anilines is 1. The summed E-state index contributed by atoms with van der Waals surface area (Å²) in [6, 6.07) is 7.30. The van der Waals surface area contributed by atoms with E-state index in [-0.39, 0.29) is 5.69 Å². The summed E-state index contributed by atoms with van der Waals surface area (Å²) in [6.07, 6.45) is 0. The molecule has 0 saturated heterocycles. The highest BCUT2D eigenvalue weighted by Gasteiger charge is 2.16. The van der Waals surface area contributed by atoms with E-state index in [1.54, 1.807) is 19.1 Å². The molecule has 0 aliphatic heterocycles. The van der Waals surface area contributed by atoms with E-state index in [4.69, 9.17) is 23.2 Å². The van der Waals surface area contributed by atoms with Gasteiger partial charge in [0.1, 0.15) is 0 Å². The van der Waals surface area contributed by atoms with Crippen LogP contribution in [-0.4, -0.2) is 10.8 Å². The molecule has 2 aromatic carbocycles. The Morgan fingerprint density at radius 3 is 2.59 bits per heavy atom. The van der Waals surface area contributed by atoms with E-state index in [0.29, 0.717) is 30.4 Å². The SMILES string of the molecule is Cc1ccc([N+](=O)[O-])cc1NC(=O)c1cc(Cl)cc(Cl)c1I. The van der Waals surface area contributed by atoms with Gasteiger partial charge in [-0.15, -0.1) is 0 Å². The smallest absolute Gasteiger partial charge is 0.271 e. The second-order valence-corrected chi connectivity index (χ2v) is 6.38. The summed E-state index contributed by atoms with van der Waals surface area (Å²) < 4.78 is 0.559. The summed E-state index contributed by atoms with van der Waals surface area (Å²) in [5.74, 6) is -0.433. The van der Waals surface area contributed by atoms with Crippen LogP contribution in [0.1, 0.15) is 15.9 Å². The number of carbonyl (C=O) groups excluding carboxylic acids is 1. The summed E-state index contributed by atoms with van der Waals surface area (Å²) in [5, 5.41) is 14.2. The first-order valence-electron chi connectivity index (χ1n) is 6.00. The molecular formula is C14H9Cl2IN2O3. The highest BCUT2D eigenvalue weighted by molar-refractivity contribution is 14.1. The zero-order valence-electron chi connectivity index (χ0n) is 11.2. The quantitative estimate of drug-likeness (QED) is 0.307. The number of nitro benzene ring substituents is 1. The Balaban J connectivity index is 2.37. The number of rotatable bonds is 3. The summed E-state index contributed by atoms with van der Waals surface area (Å²) in [7, 11) is 0. The molecule has 8 heteroatoms. The predicted molar refractivity (Wildman–Crippen MR) is 95.0 cm³/mol. The van der Waals surface area contributed by atoms with Gasteiger partial charge in [-0.3, -0.25) is 14.9 Å². The topological polar surface area (TPSA) is 72.2 Å². The van der Waals surface area contributed by atoms with Crippen LogP contribution in [0.3, 0.4) is 0 Å². The molecule has 0 spiro atoms. The van der Waals surface area contributed by atoms with Crippen molar-refractivity contribution in [3.8, 4) is 0 Å². The van der Waals surface area contributed by atoms with E-state index in [2.05, 4.69) is 5.32 Å². The van der Waals surface area contributed by atoms with E-state index >= 15 is 0 Å². The van der Waals surface area contributed by atoms with Gasteiger partial charge in [-0.1, -0.05) is 29.3 Å². The van der Waals surface area contributed by atoms with Crippen LogP contribution in [-0.2, 0) is 0 Å². The number of non-ortho nitro benzene ring substituents is 1. The van der Waals surface area contributed by atoms with Crippen molar-refractivity contribution >= 4 is 63.1 Å². The second kappa shape index (κ2) is 6.80.